The summed E-state index contributed by atoms with van der Waals surface area (Å²) in [5, 5.41) is 11.0. The molecule has 7 nitrogen and oxygen atoms in total. The lowest BCUT2D eigenvalue weighted by Crippen LogP contribution is -2.09. The summed E-state index contributed by atoms with van der Waals surface area (Å²) in [6, 6.07) is 6.80. The van der Waals surface area contributed by atoms with Gasteiger partial charge in [0.15, 0.2) is 9.84 Å². The van der Waals surface area contributed by atoms with Crippen molar-refractivity contribution >= 4 is 21.5 Å². The third kappa shape index (κ3) is 5.03. The number of sulfone groups is 1. The molecule has 0 saturated carbocycles. The molecule has 0 N–H and O–H groups in total. The number of alkyl halides is 3. The van der Waals surface area contributed by atoms with Gasteiger partial charge in [0.2, 0.25) is 0 Å². The number of rotatable bonds is 5. The summed E-state index contributed by atoms with van der Waals surface area (Å²) in [4.78, 5) is 21.5. The first-order valence-corrected chi connectivity index (χ1v) is 9.10. The molecule has 0 aromatic heterocycles. The van der Waals surface area contributed by atoms with Gasteiger partial charge in [-0.2, -0.15) is 13.2 Å². The van der Waals surface area contributed by atoms with Crippen LogP contribution in [-0.2, 0) is 27.4 Å². The fourth-order valence-corrected chi connectivity index (χ4v) is 3.00. The number of carbonyl (C=O) groups is 1. The zero-order valence-corrected chi connectivity index (χ0v) is 14.5. The molecule has 11 heteroatoms. The van der Waals surface area contributed by atoms with Crippen LogP contribution in [0.2, 0.25) is 0 Å². The molecular weight excluding hydrogens is 391 g/mol. The van der Waals surface area contributed by atoms with Crippen LogP contribution < -0.4 is 0 Å². The van der Waals surface area contributed by atoms with Crippen LogP contribution in [0.1, 0.15) is 21.5 Å². The molecule has 2 aromatic carbocycles. The Balaban J connectivity index is 2.22. The van der Waals surface area contributed by atoms with E-state index in [1.807, 2.05) is 0 Å². The van der Waals surface area contributed by atoms with Gasteiger partial charge in [0.05, 0.1) is 16.1 Å². The predicted molar refractivity (Wildman–Crippen MR) is 86.8 cm³/mol. The highest BCUT2D eigenvalue weighted by atomic mass is 32.2. The van der Waals surface area contributed by atoms with Crippen molar-refractivity contribution in [3.63, 3.8) is 0 Å². The number of halogens is 3. The molecule has 2 aromatic rings. The van der Waals surface area contributed by atoms with Crippen molar-refractivity contribution in [1.29, 1.82) is 0 Å². The number of carbonyl (C=O) groups excluding carboxylic acids is 1. The Kier molecular flexibility index (Phi) is 5.54. The minimum Gasteiger partial charge on any atom is -0.457 e. The molecule has 27 heavy (non-hydrogen) atoms. The van der Waals surface area contributed by atoms with E-state index in [0.717, 1.165) is 42.7 Å². The number of esters is 1. The minimum absolute atomic E-state index is 0.0698. The van der Waals surface area contributed by atoms with E-state index in [-0.39, 0.29) is 11.1 Å². The van der Waals surface area contributed by atoms with Crippen molar-refractivity contribution in [2.45, 2.75) is 17.7 Å². The van der Waals surface area contributed by atoms with E-state index in [2.05, 4.69) is 0 Å². The first kappa shape index (κ1) is 20.4. The third-order valence-electron chi connectivity index (χ3n) is 3.42. The summed E-state index contributed by atoms with van der Waals surface area (Å²) in [5.74, 6) is -1.05. The fraction of sp³-hybridized carbons (Fsp3) is 0.188. The van der Waals surface area contributed by atoms with Gasteiger partial charge in [0.25, 0.3) is 5.69 Å². The van der Waals surface area contributed by atoms with Crippen molar-refractivity contribution in [3.05, 3.63) is 69.3 Å². The van der Waals surface area contributed by atoms with E-state index in [4.69, 9.17) is 4.74 Å². The summed E-state index contributed by atoms with van der Waals surface area (Å²) in [5.41, 5.74) is -1.95. The molecule has 0 atom stereocenters. The van der Waals surface area contributed by atoms with Crippen molar-refractivity contribution < 1.29 is 36.0 Å². The lowest BCUT2D eigenvalue weighted by atomic mass is 10.1. The van der Waals surface area contributed by atoms with E-state index in [1.165, 1.54) is 6.07 Å². The van der Waals surface area contributed by atoms with Gasteiger partial charge >= 0.3 is 12.1 Å². The van der Waals surface area contributed by atoms with Gasteiger partial charge in [-0.25, -0.2) is 13.2 Å². The standard InChI is InChI=1S/C16H12F3NO6S/c1-27(24,25)14-6-5-11(8-13(14)20(22)23)15(21)26-9-10-3-2-4-12(7-10)16(17,18)19/h2-8H,9H2,1H3. The third-order valence-corrected chi connectivity index (χ3v) is 4.56. The average Bonchev–Trinajstić information content (AvgIpc) is 2.57. The number of benzene rings is 2. The number of ether oxygens (including phenoxy) is 1. The molecule has 0 spiro atoms. The average molecular weight is 403 g/mol. The molecule has 0 heterocycles. The zero-order valence-electron chi connectivity index (χ0n) is 13.7. The molecule has 0 saturated heterocycles. The summed E-state index contributed by atoms with van der Waals surface area (Å²) in [6.07, 6.45) is -3.77. The molecule has 144 valence electrons. The smallest absolute Gasteiger partial charge is 0.416 e. The van der Waals surface area contributed by atoms with Crippen molar-refractivity contribution in [2.24, 2.45) is 0 Å². The molecule has 0 aliphatic carbocycles. The first-order chi connectivity index (χ1) is 12.4. The molecular formula is C16H12F3NO6S. The van der Waals surface area contributed by atoms with Crippen LogP contribution in [0.4, 0.5) is 18.9 Å². The monoisotopic (exact) mass is 403 g/mol. The maximum atomic E-state index is 12.7. The fourth-order valence-electron chi connectivity index (χ4n) is 2.17. The van der Waals surface area contributed by atoms with E-state index >= 15 is 0 Å². The summed E-state index contributed by atoms with van der Waals surface area (Å²) in [7, 11) is -3.90. The summed E-state index contributed by atoms with van der Waals surface area (Å²) < 4.78 is 66.0. The topological polar surface area (TPSA) is 104 Å². The zero-order chi connectivity index (χ0) is 20.4. The maximum Gasteiger partial charge on any atom is 0.416 e. The molecule has 0 bridgehead atoms. The van der Waals surface area contributed by atoms with Gasteiger partial charge in [-0.1, -0.05) is 12.1 Å². The molecule has 0 radical (unpaired) electrons. The van der Waals surface area contributed by atoms with Gasteiger partial charge in [0, 0.05) is 12.3 Å². The highest BCUT2D eigenvalue weighted by Crippen LogP contribution is 2.30. The molecule has 0 aliphatic heterocycles. The molecule has 2 rings (SSSR count). The minimum atomic E-state index is -4.55. The number of nitrogens with zero attached hydrogens (tertiary/aromatic N) is 1. The van der Waals surface area contributed by atoms with Crippen LogP contribution in [0, 0.1) is 10.1 Å². The quantitative estimate of drug-likeness (QED) is 0.431. The Hall–Kier alpha value is -2.95. The molecule has 0 aliphatic rings. The summed E-state index contributed by atoms with van der Waals surface area (Å²) in [6.45, 7) is -0.496. The van der Waals surface area contributed by atoms with Gasteiger partial charge in [-0.3, -0.25) is 10.1 Å². The Labute approximate surface area is 151 Å². The Bertz CT molecular complexity index is 1000. The molecule has 0 amide bonds. The van der Waals surface area contributed by atoms with E-state index in [9.17, 15) is 36.5 Å². The van der Waals surface area contributed by atoms with Gasteiger partial charge in [-0.15, -0.1) is 0 Å². The Morgan fingerprint density at radius 1 is 1.19 bits per heavy atom. The van der Waals surface area contributed by atoms with Crippen LogP contribution in [0.3, 0.4) is 0 Å². The highest BCUT2D eigenvalue weighted by molar-refractivity contribution is 7.90. The number of hydrogen-bond acceptors (Lipinski definition) is 6. The summed E-state index contributed by atoms with van der Waals surface area (Å²) >= 11 is 0. The van der Waals surface area contributed by atoms with Crippen molar-refractivity contribution in [2.75, 3.05) is 6.26 Å². The SMILES string of the molecule is CS(=O)(=O)c1ccc(C(=O)OCc2cccc(C(F)(F)F)c2)cc1[N+](=O)[O-]. The van der Waals surface area contributed by atoms with E-state index in [1.54, 1.807) is 0 Å². The second kappa shape index (κ2) is 7.35. The first-order valence-electron chi connectivity index (χ1n) is 7.21. The number of hydrogen-bond donors (Lipinski definition) is 0. The number of nitro groups is 1. The lowest BCUT2D eigenvalue weighted by Gasteiger charge is -2.09. The van der Waals surface area contributed by atoms with Gasteiger partial charge in [0.1, 0.15) is 11.5 Å². The van der Waals surface area contributed by atoms with Crippen LogP contribution in [0.15, 0.2) is 47.4 Å². The maximum absolute atomic E-state index is 12.7. The van der Waals surface area contributed by atoms with Crippen LogP contribution in [-0.4, -0.2) is 25.6 Å². The van der Waals surface area contributed by atoms with E-state index in [0.29, 0.717) is 0 Å². The van der Waals surface area contributed by atoms with Crippen molar-refractivity contribution in [3.8, 4) is 0 Å². The molecule has 0 unspecified atom stereocenters. The second-order valence-electron chi connectivity index (χ2n) is 5.49. The largest absolute Gasteiger partial charge is 0.457 e. The number of nitro benzene ring substituents is 1. The Morgan fingerprint density at radius 2 is 1.85 bits per heavy atom. The predicted octanol–water partition coefficient (Wildman–Crippen LogP) is 3.37. The van der Waals surface area contributed by atoms with Crippen LogP contribution >= 0.6 is 0 Å². The van der Waals surface area contributed by atoms with Gasteiger partial charge in [-0.05, 0) is 29.8 Å². The van der Waals surface area contributed by atoms with Crippen LogP contribution in [0.5, 0.6) is 0 Å². The normalized spacial score (nSPS) is 11.9. The van der Waals surface area contributed by atoms with E-state index < -0.39 is 49.7 Å². The van der Waals surface area contributed by atoms with Gasteiger partial charge < -0.3 is 4.74 Å². The molecule has 0 fully saturated rings. The van der Waals surface area contributed by atoms with Crippen molar-refractivity contribution in [1.82, 2.24) is 0 Å². The van der Waals surface area contributed by atoms with Crippen LogP contribution in [0.25, 0.3) is 0 Å². The Morgan fingerprint density at radius 3 is 2.41 bits per heavy atom. The second-order valence-corrected chi connectivity index (χ2v) is 7.47. The highest BCUT2D eigenvalue weighted by Gasteiger charge is 2.30. The lowest BCUT2D eigenvalue weighted by molar-refractivity contribution is -0.387.